The number of hydrogen-bond acceptors (Lipinski definition) is 5. The van der Waals surface area contributed by atoms with Crippen LogP contribution in [0.2, 0.25) is 0 Å². The Labute approximate surface area is 312 Å². The van der Waals surface area contributed by atoms with Crippen molar-refractivity contribution in [1.82, 2.24) is 9.80 Å². The second kappa shape index (κ2) is 16.9. The van der Waals surface area contributed by atoms with Gasteiger partial charge in [0, 0.05) is 48.2 Å². The summed E-state index contributed by atoms with van der Waals surface area (Å²) in [6.07, 6.45) is 18.9. The van der Waals surface area contributed by atoms with Crippen molar-refractivity contribution < 1.29 is 19.4 Å². The number of methoxy groups -OCH3 is 1. The molecule has 5 atom stereocenters. The number of unbranched alkanes of at least 4 members (excludes halogenated alkanes) is 7. The summed E-state index contributed by atoms with van der Waals surface area (Å²) in [6.45, 7) is 6.62. The van der Waals surface area contributed by atoms with Crippen LogP contribution < -0.4 is 9.47 Å². The van der Waals surface area contributed by atoms with Crippen molar-refractivity contribution in [2.24, 2.45) is 5.92 Å². The van der Waals surface area contributed by atoms with Gasteiger partial charge in [0.1, 0.15) is 11.9 Å². The third-order valence-electron chi connectivity index (χ3n) is 13.0. The molecule has 6 nitrogen and oxygen atoms in total. The first-order chi connectivity index (χ1) is 25.5. The van der Waals surface area contributed by atoms with Crippen molar-refractivity contribution in [2.75, 3.05) is 26.7 Å². The maximum atomic E-state index is 14.4. The number of carbonyl (C=O) groups excluding carboxylic acids is 1. The molecule has 2 fully saturated rings. The summed E-state index contributed by atoms with van der Waals surface area (Å²) in [5, 5.41) is 11.4. The van der Waals surface area contributed by atoms with E-state index in [-0.39, 0.29) is 23.5 Å². The second-order valence-corrected chi connectivity index (χ2v) is 15.9. The van der Waals surface area contributed by atoms with Gasteiger partial charge in [-0.25, -0.2) is 0 Å². The number of benzene rings is 3. The Morgan fingerprint density at radius 3 is 2.27 bits per heavy atom. The van der Waals surface area contributed by atoms with Crippen molar-refractivity contribution in [3.05, 3.63) is 102 Å². The smallest absolute Gasteiger partial charge is 0.222 e. The zero-order chi connectivity index (χ0) is 35.9. The van der Waals surface area contributed by atoms with E-state index >= 15 is 0 Å². The minimum atomic E-state index is -0.237. The van der Waals surface area contributed by atoms with Crippen molar-refractivity contribution >= 4 is 5.91 Å². The molecule has 1 saturated carbocycles. The van der Waals surface area contributed by atoms with Crippen molar-refractivity contribution in [3.8, 4) is 17.2 Å². The van der Waals surface area contributed by atoms with E-state index in [9.17, 15) is 9.90 Å². The Morgan fingerprint density at radius 1 is 0.942 bits per heavy atom. The van der Waals surface area contributed by atoms with Gasteiger partial charge in [-0.15, -0.1) is 6.58 Å². The fourth-order valence-corrected chi connectivity index (χ4v) is 10.5. The number of hydrogen-bond donors (Lipinski definition) is 1. The van der Waals surface area contributed by atoms with Crippen LogP contribution in [0.1, 0.15) is 106 Å². The minimum Gasteiger partial charge on any atom is -0.508 e. The van der Waals surface area contributed by atoms with Gasteiger partial charge in [-0.05, 0) is 81.4 Å². The highest BCUT2D eigenvalue weighted by Gasteiger charge is 2.67. The van der Waals surface area contributed by atoms with Gasteiger partial charge >= 0.3 is 0 Å². The van der Waals surface area contributed by atoms with Gasteiger partial charge in [0.25, 0.3) is 0 Å². The van der Waals surface area contributed by atoms with Crippen LogP contribution in [0.5, 0.6) is 17.2 Å². The summed E-state index contributed by atoms with van der Waals surface area (Å²) in [5.74, 6) is 2.42. The standard InChI is InChI=1S/C46H60N2O4/c1-3-29-47-31-28-46-37-26-27-38(45(46)52-44-41(51-2)33-40(49)36(43(44)46)32-39(37)47)48(30-18-24-35-22-15-11-16-23-35)42(50)25-17-9-7-5-4-6-8-12-19-34-20-13-10-14-21-34/h3,10-11,13-16,20-23,33,37-39,45,49H,1,4-9,12,17-19,24-32H2,2H3/t37-,38+,39+,45-,46-/m0/s1. The van der Waals surface area contributed by atoms with E-state index in [4.69, 9.17) is 9.47 Å². The molecule has 4 aliphatic rings. The number of aromatic hydroxyl groups is 1. The maximum absolute atomic E-state index is 14.4. The molecular formula is C46H60N2O4. The second-order valence-electron chi connectivity index (χ2n) is 15.9. The number of aryl methyl sites for hydroxylation is 2. The van der Waals surface area contributed by atoms with E-state index in [1.165, 1.54) is 61.6 Å². The van der Waals surface area contributed by atoms with Crippen LogP contribution in [0.25, 0.3) is 0 Å². The lowest BCUT2D eigenvalue weighted by Crippen LogP contribution is -2.69. The average molecular weight is 705 g/mol. The first-order valence-corrected chi connectivity index (χ1v) is 20.4. The van der Waals surface area contributed by atoms with E-state index in [1.54, 1.807) is 13.2 Å². The number of likely N-dealkylation sites (tertiary alicyclic amines) is 1. The molecule has 7 rings (SSSR count). The molecule has 0 aromatic heterocycles. The normalized spacial score (nSPS) is 24.2. The topological polar surface area (TPSA) is 62.2 Å². The Morgan fingerprint density at radius 2 is 1.60 bits per heavy atom. The molecule has 1 saturated heterocycles. The molecule has 2 heterocycles. The Kier molecular flexibility index (Phi) is 11.9. The zero-order valence-electron chi connectivity index (χ0n) is 31.4. The molecule has 278 valence electrons. The van der Waals surface area contributed by atoms with Crippen LogP contribution in [-0.4, -0.2) is 65.7 Å². The van der Waals surface area contributed by atoms with Gasteiger partial charge in [0.05, 0.1) is 13.2 Å². The number of piperidine rings is 1. The summed E-state index contributed by atoms with van der Waals surface area (Å²) in [7, 11) is 1.67. The number of carbonyl (C=O) groups is 1. The summed E-state index contributed by atoms with van der Waals surface area (Å²) < 4.78 is 13.0. The van der Waals surface area contributed by atoms with Gasteiger partial charge in [0.2, 0.25) is 5.91 Å². The molecular weight excluding hydrogens is 645 g/mol. The van der Waals surface area contributed by atoms with Gasteiger partial charge < -0.3 is 19.5 Å². The Hall–Kier alpha value is -3.77. The summed E-state index contributed by atoms with van der Waals surface area (Å²) in [4.78, 5) is 19.2. The molecule has 3 aromatic carbocycles. The van der Waals surface area contributed by atoms with E-state index in [2.05, 4.69) is 77.0 Å². The zero-order valence-corrected chi connectivity index (χ0v) is 31.4. The van der Waals surface area contributed by atoms with Crippen molar-refractivity contribution in [1.29, 1.82) is 0 Å². The van der Waals surface area contributed by atoms with E-state index < -0.39 is 0 Å². The molecule has 2 bridgehead atoms. The molecule has 52 heavy (non-hydrogen) atoms. The van der Waals surface area contributed by atoms with Crippen LogP contribution in [0.4, 0.5) is 0 Å². The number of phenols is 1. The fraction of sp³-hybridized carbons (Fsp3) is 0.543. The van der Waals surface area contributed by atoms with Crippen LogP contribution >= 0.6 is 0 Å². The molecule has 3 aromatic rings. The predicted octanol–water partition coefficient (Wildman–Crippen LogP) is 9.21. The van der Waals surface area contributed by atoms with E-state index in [0.29, 0.717) is 29.9 Å². The van der Waals surface area contributed by atoms with Gasteiger partial charge in [-0.1, -0.05) is 105 Å². The molecule has 6 heteroatoms. The molecule has 1 amide bonds. The molecule has 0 unspecified atom stereocenters. The number of rotatable bonds is 19. The van der Waals surface area contributed by atoms with Crippen molar-refractivity contribution in [3.63, 3.8) is 0 Å². The number of phenolic OH excluding ortho intramolecular Hbond substituents is 1. The summed E-state index contributed by atoms with van der Waals surface area (Å²) in [5.41, 5.74) is 4.72. The third-order valence-corrected chi connectivity index (χ3v) is 13.0. The van der Waals surface area contributed by atoms with Crippen molar-refractivity contribution in [2.45, 2.75) is 126 Å². The average Bonchev–Trinajstić information content (AvgIpc) is 3.51. The van der Waals surface area contributed by atoms with Gasteiger partial charge in [-0.3, -0.25) is 9.69 Å². The van der Waals surface area contributed by atoms with Crippen LogP contribution in [0.3, 0.4) is 0 Å². The number of nitrogens with zero attached hydrogens (tertiary/aromatic N) is 2. The monoisotopic (exact) mass is 704 g/mol. The lowest BCUT2D eigenvalue weighted by Gasteiger charge is -2.60. The predicted molar refractivity (Wildman–Crippen MR) is 209 cm³/mol. The SMILES string of the molecule is C=CCN1CC[C@]23c4c5c(O)cc(OC)c4O[C@H]2[C@H](N(CCCc2ccccc2)C(=O)CCCCCCCCCCc2ccccc2)CC[C@H]3[C@H]1C5. The summed E-state index contributed by atoms with van der Waals surface area (Å²) in [6, 6.07) is 23.5. The lowest BCUT2D eigenvalue weighted by atomic mass is 9.50. The molecule has 2 aliphatic heterocycles. The van der Waals surface area contributed by atoms with E-state index in [1.807, 2.05) is 6.08 Å². The quantitative estimate of drug-likeness (QED) is 0.0996. The molecule has 0 radical (unpaired) electrons. The van der Waals surface area contributed by atoms with E-state index in [0.717, 1.165) is 82.3 Å². The van der Waals surface area contributed by atoms with Crippen LogP contribution in [0.15, 0.2) is 79.4 Å². The molecule has 1 N–H and O–H groups in total. The van der Waals surface area contributed by atoms with Gasteiger partial charge in [-0.2, -0.15) is 0 Å². The highest BCUT2D eigenvalue weighted by molar-refractivity contribution is 5.77. The Balaban J connectivity index is 1.02. The molecule has 1 spiro atoms. The first kappa shape index (κ1) is 36.6. The first-order valence-electron chi connectivity index (χ1n) is 20.4. The highest BCUT2D eigenvalue weighted by Crippen LogP contribution is 2.65. The maximum Gasteiger partial charge on any atom is 0.222 e. The number of ether oxygens (including phenoxy) is 2. The fourth-order valence-electron chi connectivity index (χ4n) is 10.5. The number of amides is 1. The largest absolute Gasteiger partial charge is 0.508 e. The van der Waals surface area contributed by atoms with Crippen LogP contribution in [0, 0.1) is 5.92 Å². The highest BCUT2D eigenvalue weighted by atomic mass is 16.5. The van der Waals surface area contributed by atoms with Crippen LogP contribution in [-0.2, 0) is 29.5 Å². The minimum absolute atomic E-state index is 0.00721. The van der Waals surface area contributed by atoms with Gasteiger partial charge in [0.15, 0.2) is 11.5 Å². The molecule has 2 aliphatic carbocycles. The summed E-state index contributed by atoms with van der Waals surface area (Å²) >= 11 is 0. The Bertz CT molecular complexity index is 1640. The third kappa shape index (κ3) is 7.38. The lowest BCUT2D eigenvalue weighted by molar-refractivity contribution is -0.142.